The number of nitrogens with one attached hydrogen (secondary N) is 1. The molecular formula is C14H16N4O4. The number of fused-ring (bicyclic) bond motifs is 1. The van der Waals surface area contributed by atoms with Crippen LogP contribution in [0.2, 0.25) is 0 Å². The van der Waals surface area contributed by atoms with Crippen molar-refractivity contribution < 1.29 is 9.66 Å². The fourth-order valence-corrected chi connectivity index (χ4v) is 2.59. The number of ether oxygens (including phenoxy) is 1. The summed E-state index contributed by atoms with van der Waals surface area (Å²) in [4.78, 5) is 26.9. The quantitative estimate of drug-likeness (QED) is 0.665. The first kappa shape index (κ1) is 14.5. The summed E-state index contributed by atoms with van der Waals surface area (Å²) in [7, 11) is 0. The van der Waals surface area contributed by atoms with Crippen molar-refractivity contribution in [3.63, 3.8) is 0 Å². The van der Waals surface area contributed by atoms with Gasteiger partial charge in [0.1, 0.15) is 5.65 Å². The van der Waals surface area contributed by atoms with Crippen molar-refractivity contribution in [3.05, 3.63) is 44.9 Å². The van der Waals surface area contributed by atoms with Gasteiger partial charge < -0.3 is 10.1 Å². The molecule has 1 N–H and O–H groups in total. The van der Waals surface area contributed by atoms with Crippen LogP contribution in [-0.2, 0) is 4.74 Å². The van der Waals surface area contributed by atoms with E-state index in [4.69, 9.17) is 4.74 Å². The van der Waals surface area contributed by atoms with Gasteiger partial charge in [-0.3, -0.25) is 19.3 Å². The molecule has 116 valence electrons. The Kier molecular flexibility index (Phi) is 4.01. The van der Waals surface area contributed by atoms with Gasteiger partial charge in [-0.15, -0.1) is 0 Å². The zero-order valence-electron chi connectivity index (χ0n) is 11.9. The number of aromatic nitrogens is 2. The van der Waals surface area contributed by atoms with E-state index >= 15 is 0 Å². The molecule has 0 amide bonds. The molecule has 1 saturated heterocycles. The van der Waals surface area contributed by atoms with Crippen LogP contribution in [0.25, 0.3) is 5.65 Å². The summed E-state index contributed by atoms with van der Waals surface area (Å²) in [5.41, 5.74) is -0.844. The second-order valence-corrected chi connectivity index (χ2v) is 5.15. The molecule has 1 aliphatic rings. The summed E-state index contributed by atoms with van der Waals surface area (Å²) in [5, 5.41) is 14.1. The first-order valence-electron chi connectivity index (χ1n) is 7.18. The van der Waals surface area contributed by atoms with Gasteiger partial charge in [0, 0.05) is 19.3 Å². The monoisotopic (exact) mass is 304 g/mol. The summed E-state index contributed by atoms with van der Waals surface area (Å²) < 4.78 is 6.67. The van der Waals surface area contributed by atoms with E-state index < -0.39 is 16.2 Å². The summed E-state index contributed by atoms with van der Waals surface area (Å²) in [6, 6.07) is 4.99. The first-order valence-corrected chi connectivity index (χ1v) is 7.18. The first-order chi connectivity index (χ1) is 10.7. The molecule has 0 radical (unpaired) electrons. The van der Waals surface area contributed by atoms with E-state index in [9.17, 15) is 14.9 Å². The van der Waals surface area contributed by atoms with Gasteiger partial charge in [0.2, 0.25) is 5.82 Å². The lowest BCUT2D eigenvalue weighted by molar-refractivity contribution is -0.385. The number of nitro groups is 1. The molecule has 0 aliphatic carbocycles. The Hall–Kier alpha value is -2.48. The highest BCUT2D eigenvalue weighted by Gasteiger charge is 2.23. The molecular weight excluding hydrogens is 288 g/mol. The van der Waals surface area contributed by atoms with Gasteiger partial charge in [-0.05, 0) is 31.4 Å². The van der Waals surface area contributed by atoms with Gasteiger partial charge in [-0.25, -0.2) is 4.98 Å². The molecule has 0 unspecified atom stereocenters. The summed E-state index contributed by atoms with van der Waals surface area (Å²) >= 11 is 0. The highest BCUT2D eigenvalue weighted by atomic mass is 16.6. The topological polar surface area (TPSA) is 98.8 Å². The molecule has 2 aromatic rings. The molecule has 0 spiro atoms. The number of anilines is 1. The van der Waals surface area contributed by atoms with Gasteiger partial charge in [0.25, 0.3) is 0 Å². The molecule has 0 saturated carbocycles. The van der Waals surface area contributed by atoms with Crippen LogP contribution >= 0.6 is 0 Å². The molecule has 3 rings (SSSR count). The van der Waals surface area contributed by atoms with Crippen molar-refractivity contribution in [1.29, 1.82) is 0 Å². The Morgan fingerprint density at radius 3 is 3.09 bits per heavy atom. The zero-order valence-corrected chi connectivity index (χ0v) is 11.9. The summed E-state index contributed by atoms with van der Waals surface area (Å²) in [6.07, 6.45) is 4.41. The Balaban J connectivity index is 1.88. The van der Waals surface area contributed by atoms with E-state index in [0.29, 0.717) is 12.2 Å². The zero-order chi connectivity index (χ0) is 15.5. The van der Waals surface area contributed by atoms with Crippen LogP contribution in [0.1, 0.15) is 19.3 Å². The van der Waals surface area contributed by atoms with Crippen LogP contribution < -0.4 is 10.9 Å². The summed E-state index contributed by atoms with van der Waals surface area (Å²) in [5.74, 6) is 0.0131. The second-order valence-electron chi connectivity index (χ2n) is 5.15. The smallest absolute Gasteiger partial charge is 0.376 e. The lowest BCUT2D eigenvalue weighted by Gasteiger charge is -2.11. The molecule has 1 atom stereocenters. The lowest BCUT2D eigenvalue weighted by atomic mass is 10.2. The van der Waals surface area contributed by atoms with Crippen molar-refractivity contribution in [2.45, 2.75) is 25.4 Å². The van der Waals surface area contributed by atoms with Crippen molar-refractivity contribution >= 4 is 17.2 Å². The number of hydrogen-bond donors (Lipinski definition) is 1. The fourth-order valence-electron chi connectivity index (χ4n) is 2.59. The molecule has 1 aliphatic heterocycles. The average Bonchev–Trinajstić information content (AvgIpc) is 3.00. The predicted molar refractivity (Wildman–Crippen MR) is 80.2 cm³/mol. The number of nitrogens with zero attached hydrogens (tertiary/aromatic N) is 3. The SMILES string of the molecule is O=c1c([N+](=O)[O-])c(NCC[C@H]2CCCO2)nc2ccccn12. The predicted octanol–water partition coefficient (Wildman–Crippen LogP) is 1.58. The second kappa shape index (κ2) is 6.10. The van der Waals surface area contributed by atoms with Crippen molar-refractivity contribution in [2.24, 2.45) is 0 Å². The van der Waals surface area contributed by atoms with Gasteiger partial charge in [-0.1, -0.05) is 6.07 Å². The van der Waals surface area contributed by atoms with Crippen LogP contribution in [0.5, 0.6) is 0 Å². The van der Waals surface area contributed by atoms with E-state index in [1.807, 2.05) is 0 Å². The van der Waals surface area contributed by atoms with Gasteiger partial charge in [0.15, 0.2) is 0 Å². The fraction of sp³-hybridized carbons (Fsp3) is 0.429. The maximum atomic E-state index is 12.2. The number of rotatable bonds is 5. The van der Waals surface area contributed by atoms with Crippen molar-refractivity contribution in [1.82, 2.24) is 9.38 Å². The van der Waals surface area contributed by atoms with Gasteiger partial charge >= 0.3 is 11.2 Å². The van der Waals surface area contributed by atoms with Crippen LogP contribution in [0.3, 0.4) is 0 Å². The number of pyridine rings is 1. The van der Waals surface area contributed by atoms with Crippen LogP contribution in [-0.4, -0.2) is 33.6 Å². The van der Waals surface area contributed by atoms with Crippen LogP contribution in [0, 0.1) is 10.1 Å². The highest BCUT2D eigenvalue weighted by Crippen LogP contribution is 2.19. The Bertz CT molecular complexity index is 752. The molecule has 8 heteroatoms. The molecule has 0 bridgehead atoms. The highest BCUT2D eigenvalue weighted by molar-refractivity contribution is 5.59. The third-order valence-electron chi connectivity index (χ3n) is 3.68. The molecule has 0 aromatic carbocycles. The maximum Gasteiger partial charge on any atom is 0.376 e. The minimum Gasteiger partial charge on any atom is -0.378 e. The minimum atomic E-state index is -0.691. The van der Waals surface area contributed by atoms with E-state index in [-0.39, 0.29) is 11.9 Å². The molecule has 1 fully saturated rings. The third kappa shape index (κ3) is 2.77. The average molecular weight is 304 g/mol. The van der Waals surface area contributed by atoms with Crippen LogP contribution in [0.4, 0.5) is 11.5 Å². The Morgan fingerprint density at radius 2 is 2.36 bits per heavy atom. The normalized spacial score (nSPS) is 17.7. The molecule has 3 heterocycles. The molecule has 22 heavy (non-hydrogen) atoms. The molecule has 2 aromatic heterocycles. The summed E-state index contributed by atoms with van der Waals surface area (Å²) in [6.45, 7) is 1.24. The Labute approximate surface area is 125 Å². The van der Waals surface area contributed by atoms with Crippen molar-refractivity contribution in [2.75, 3.05) is 18.5 Å². The number of hydrogen-bond acceptors (Lipinski definition) is 6. The standard InChI is InChI=1S/C14H16N4O4/c19-14-12(18(20)21)13(15-7-6-10-4-3-9-22-10)16-11-5-1-2-8-17(11)14/h1-2,5,8,10,15H,3-4,6-7,9H2/t10-/m1/s1. The van der Waals surface area contributed by atoms with E-state index in [1.165, 1.54) is 10.6 Å². The molecule has 8 nitrogen and oxygen atoms in total. The minimum absolute atomic E-state index is 0.0131. The maximum absolute atomic E-state index is 12.2. The largest absolute Gasteiger partial charge is 0.378 e. The third-order valence-corrected chi connectivity index (χ3v) is 3.68. The van der Waals surface area contributed by atoms with Gasteiger partial charge in [-0.2, -0.15) is 0 Å². The van der Waals surface area contributed by atoms with Crippen LogP contribution in [0.15, 0.2) is 29.2 Å². The Morgan fingerprint density at radius 1 is 1.50 bits per heavy atom. The van der Waals surface area contributed by atoms with Crippen molar-refractivity contribution in [3.8, 4) is 0 Å². The van der Waals surface area contributed by atoms with E-state index in [1.54, 1.807) is 18.2 Å². The van der Waals surface area contributed by atoms with E-state index in [2.05, 4.69) is 10.3 Å². The van der Waals surface area contributed by atoms with E-state index in [0.717, 1.165) is 25.9 Å². The van der Waals surface area contributed by atoms with Gasteiger partial charge in [0.05, 0.1) is 11.0 Å². The lowest BCUT2D eigenvalue weighted by Crippen LogP contribution is -2.22.